The molecule has 0 radical (unpaired) electrons. The molecule has 2 heterocycles. The van der Waals surface area contributed by atoms with Crippen molar-refractivity contribution in [2.45, 2.75) is 0 Å². The van der Waals surface area contributed by atoms with Crippen molar-refractivity contribution in [1.29, 1.82) is 5.26 Å². The minimum atomic E-state index is 0.580. The van der Waals surface area contributed by atoms with Gasteiger partial charge in [0.05, 0.1) is 25.3 Å². The number of pyridine rings is 1. The summed E-state index contributed by atoms with van der Waals surface area (Å²) >= 11 is 0. The van der Waals surface area contributed by atoms with Crippen LogP contribution in [-0.2, 0) is 0 Å². The number of ether oxygens (including phenoxy) is 2. The lowest BCUT2D eigenvalue weighted by molar-refractivity contribution is 0.414. The van der Waals surface area contributed by atoms with Gasteiger partial charge in [-0.15, -0.1) is 0 Å². The molecule has 0 aliphatic carbocycles. The monoisotopic (exact) mass is 381 g/mol. The molecule has 0 saturated heterocycles. The molecule has 0 fully saturated rings. The van der Waals surface area contributed by atoms with Crippen LogP contribution in [0.4, 0.5) is 5.82 Å². The molecule has 0 unspecified atom stereocenters. The zero-order valence-electron chi connectivity index (χ0n) is 16.2. The van der Waals surface area contributed by atoms with E-state index in [2.05, 4.69) is 6.07 Å². The van der Waals surface area contributed by atoms with Crippen LogP contribution < -0.4 is 9.47 Å². The topological polar surface area (TPSA) is 59.0 Å². The number of aliphatic imine (C=N–C) groups is 1. The number of methoxy groups -OCH3 is 2. The summed E-state index contributed by atoms with van der Waals surface area (Å²) in [7, 11) is 3.26. The van der Waals surface area contributed by atoms with Gasteiger partial charge in [-0.1, -0.05) is 30.3 Å². The van der Waals surface area contributed by atoms with E-state index in [0.29, 0.717) is 11.4 Å². The molecule has 29 heavy (non-hydrogen) atoms. The van der Waals surface area contributed by atoms with E-state index in [1.165, 1.54) is 0 Å². The summed E-state index contributed by atoms with van der Waals surface area (Å²) in [5.41, 5.74) is 3.95. The maximum absolute atomic E-state index is 9.91. The van der Waals surface area contributed by atoms with Gasteiger partial charge >= 0.3 is 0 Å². The van der Waals surface area contributed by atoms with Crippen LogP contribution in [0.5, 0.6) is 11.5 Å². The third kappa shape index (κ3) is 3.44. The average Bonchev–Trinajstić information content (AvgIpc) is 3.11. The van der Waals surface area contributed by atoms with Crippen molar-refractivity contribution in [1.82, 2.24) is 4.40 Å². The highest BCUT2D eigenvalue weighted by atomic mass is 16.5. The summed E-state index contributed by atoms with van der Waals surface area (Å²) in [5, 5.41) is 9.91. The van der Waals surface area contributed by atoms with Crippen LogP contribution in [-0.4, -0.2) is 24.8 Å². The predicted octanol–water partition coefficient (Wildman–Crippen LogP) is 5.25. The Hall–Kier alpha value is -4.04. The lowest BCUT2D eigenvalue weighted by atomic mass is 10.0. The highest BCUT2D eigenvalue weighted by Gasteiger charge is 2.19. The number of fused-ring (bicyclic) bond motifs is 1. The molecule has 142 valence electrons. The molecule has 0 saturated carbocycles. The quantitative estimate of drug-likeness (QED) is 0.444. The molecule has 2 aromatic heterocycles. The first-order valence-corrected chi connectivity index (χ1v) is 9.11. The van der Waals surface area contributed by atoms with Gasteiger partial charge in [0.1, 0.15) is 23.4 Å². The van der Waals surface area contributed by atoms with Gasteiger partial charge in [-0.05, 0) is 47.5 Å². The highest BCUT2D eigenvalue weighted by molar-refractivity contribution is 5.92. The van der Waals surface area contributed by atoms with Crippen molar-refractivity contribution >= 4 is 17.5 Å². The van der Waals surface area contributed by atoms with E-state index in [9.17, 15) is 5.26 Å². The normalized spacial score (nSPS) is 10.9. The second-order valence-electron chi connectivity index (χ2n) is 6.41. The van der Waals surface area contributed by atoms with Crippen LogP contribution in [0, 0.1) is 11.3 Å². The molecule has 0 amide bonds. The largest absolute Gasteiger partial charge is 0.497 e. The van der Waals surface area contributed by atoms with Crippen LogP contribution in [0.1, 0.15) is 11.1 Å². The zero-order valence-corrected chi connectivity index (χ0v) is 16.2. The summed E-state index contributed by atoms with van der Waals surface area (Å²) in [4.78, 5) is 4.77. The van der Waals surface area contributed by atoms with Crippen LogP contribution in [0.3, 0.4) is 0 Å². The molecule has 0 spiro atoms. The third-order valence-corrected chi connectivity index (χ3v) is 4.72. The highest BCUT2D eigenvalue weighted by Crippen LogP contribution is 2.39. The van der Waals surface area contributed by atoms with E-state index in [1.807, 2.05) is 77.3 Å². The number of nitriles is 1. The molecule has 4 rings (SSSR count). The molecule has 4 aromatic rings. The molecular weight excluding hydrogens is 362 g/mol. The van der Waals surface area contributed by atoms with Gasteiger partial charge in [0, 0.05) is 18.0 Å². The Labute approximate surface area is 169 Å². The second-order valence-corrected chi connectivity index (χ2v) is 6.41. The maximum Gasteiger partial charge on any atom is 0.146 e. The van der Waals surface area contributed by atoms with Crippen LogP contribution in [0.15, 0.2) is 77.9 Å². The fourth-order valence-corrected chi connectivity index (χ4v) is 3.34. The van der Waals surface area contributed by atoms with E-state index in [-0.39, 0.29) is 0 Å². The molecule has 5 heteroatoms. The number of rotatable bonds is 5. The molecule has 0 bridgehead atoms. The Balaban J connectivity index is 1.94. The SMILES string of the molecule is COc1cccc(C=Nc2c(-c3cccc(OC)c3)c(C#N)c3ccccn23)c1. The summed E-state index contributed by atoms with van der Waals surface area (Å²) in [6.45, 7) is 0. The van der Waals surface area contributed by atoms with Crippen LogP contribution >= 0.6 is 0 Å². The molecule has 0 aliphatic rings. The average molecular weight is 381 g/mol. The summed E-state index contributed by atoms with van der Waals surface area (Å²) in [6, 6.07) is 23.5. The number of benzene rings is 2. The van der Waals surface area contributed by atoms with E-state index < -0.39 is 0 Å². The maximum atomic E-state index is 9.91. The van der Waals surface area contributed by atoms with Crippen molar-refractivity contribution in [3.8, 4) is 28.7 Å². The zero-order chi connectivity index (χ0) is 20.2. The Kier molecular flexibility index (Phi) is 5.00. The van der Waals surface area contributed by atoms with E-state index >= 15 is 0 Å². The van der Waals surface area contributed by atoms with Gasteiger partial charge in [0.25, 0.3) is 0 Å². The summed E-state index contributed by atoms with van der Waals surface area (Å²) in [5.74, 6) is 2.18. The number of aromatic nitrogens is 1. The standard InChI is InChI=1S/C24H19N3O2/c1-28-19-9-5-7-17(13-19)16-26-24-23(18-8-6-10-20(14-18)29-2)21(15-25)22-11-3-4-12-27(22)24/h3-14,16H,1-2H3. The van der Waals surface area contributed by atoms with Crippen molar-refractivity contribution < 1.29 is 9.47 Å². The Morgan fingerprint density at radius 2 is 1.69 bits per heavy atom. The Morgan fingerprint density at radius 1 is 0.931 bits per heavy atom. The first-order chi connectivity index (χ1) is 14.2. The van der Waals surface area contributed by atoms with Crippen LogP contribution in [0.2, 0.25) is 0 Å². The summed E-state index contributed by atoms with van der Waals surface area (Å²) in [6.07, 6.45) is 3.69. The van der Waals surface area contributed by atoms with Gasteiger partial charge in [-0.25, -0.2) is 4.99 Å². The fourth-order valence-electron chi connectivity index (χ4n) is 3.34. The fraction of sp³-hybridized carbons (Fsp3) is 0.0833. The second kappa shape index (κ2) is 7.91. The smallest absolute Gasteiger partial charge is 0.146 e. The van der Waals surface area contributed by atoms with Gasteiger partial charge in [0.2, 0.25) is 0 Å². The van der Waals surface area contributed by atoms with Gasteiger partial charge in [0.15, 0.2) is 0 Å². The predicted molar refractivity (Wildman–Crippen MR) is 114 cm³/mol. The minimum Gasteiger partial charge on any atom is -0.497 e. The molecule has 2 aromatic carbocycles. The van der Waals surface area contributed by atoms with Crippen molar-refractivity contribution in [2.75, 3.05) is 14.2 Å². The van der Waals surface area contributed by atoms with E-state index in [1.54, 1.807) is 20.4 Å². The molecule has 5 nitrogen and oxygen atoms in total. The number of hydrogen-bond acceptors (Lipinski definition) is 4. The molecule has 0 atom stereocenters. The number of hydrogen-bond donors (Lipinski definition) is 0. The van der Waals surface area contributed by atoms with Crippen molar-refractivity contribution in [3.05, 3.63) is 84.1 Å². The van der Waals surface area contributed by atoms with Gasteiger partial charge < -0.3 is 9.47 Å². The van der Waals surface area contributed by atoms with E-state index in [4.69, 9.17) is 14.5 Å². The number of nitrogens with zero attached hydrogens (tertiary/aromatic N) is 3. The Bertz CT molecular complexity index is 1250. The third-order valence-electron chi connectivity index (χ3n) is 4.72. The Morgan fingerprint density at radius 3 is 2.45 bits per heavy atom. The van der Waals surface area contributed by atoms with Crippen molar-refractivity contribution in [3.63, 3.8) is 0 Å². The first kappa shape index (κ1) is 18.3. The molecule has 0 aliphatic heterocycles. The van der Waals surface area contributed by atoms with E-state index in [0.717, 1.165) is 33.7 Å². The first-order valence-electron chi connectivity index (χ1n) is 9.11. The summed E-state index contributed by atoms with van der Waals surface area (Å²) < 4.78 is 12.6. The lowest BCUT2D eigenvalue weighted by Crippen LogP contribution is -1.88. The molecular formula is C24H19N3O2. The molecule has 0 N–H and O–H groups in total. The van der Waals surface area contributed by atoms with Crippen LogP contribution in [0.25, 0.3) is 16.6 Å². The lowest BCUT2D eigenvalue weighted by Gasteiger charge is -2.06. The minimum absolute atomic E-state index is 0.580. The van der Waals surface area contributed by atoms with Crippen molar-refractivity contribution in [2.24, 2.45) is 4.99 Å². The van der Waals surface area contributed by atoms with Gasteiger partial charge in [-0.3, -0.25) is 4.40 Å². The van der Waals surface area contributed by atoms with Gasteiger partial charge in [-0.2, -0.15) is 5.26 Å².